The van der Waals surface area contributed by atoms with Crippen molar-refractivity contribution in [2.45, 2.75) is 25.7 Å². The summed E-state index contributed by atoms with van der Waals surface area (Å²) in [6.45, 7) is 1.95. The third-order valence-corrected chi connectivity index (χ3v) is 4.57. The molecule has 19 heavy (non-hydrogen) atoms. The fraction of sp³-hybridized carbons (Fsp3) is 0.286. The minimum atomic E-state index is 0.513. The first kappa shape index (κ1) is 13.1. The van der Waals surface area contributed by atoms with Crippen LogP contribution in [0, 0.1) is 11.6 Å². The van der Waals surface area contributed by atoms with Crippen molar-refractivity contribution in [2.75, 3.05) is 0 Å². The van der Waals surface area contributed by atoms with Gasteiger partial charge in [-0.05, 0) is 25.8 Å². The van der Waals surface area contributed by atoms with Crippen LogP contribution >= 0.6 is 35.4 Å². The lowest BCUT2D eigenvalue weighted by atomic mass is 10.1. The fourth-order valence-electron chi connectivity index (χ4n) is 2.07. The Morgan fingerprint density at radius 3 is 2.74 bits per heavy atom. The first-order chi connectivity index (χ1) is 9.08. The van der Waals surface area contributed by atoms with Gasteiger partial charge in [-0.25, -0.2) is 4.98 Å². The first-order valence-corrected chi connectivity index (χ1v) is 7.29. The highest BCUT2D eigenvalue weighted by atomic mass is 35.5. The Kier molecular flexibility index (Phi) is 3.37. The van der Waals surface area contributed by atoms with E-state index in [0.29, 0.717) is 20.6 Å². The van der Waals surface area contributed by atoms with Crippen molar-refractivity contribution in [3.8, 4) is 11.3 Å². The van der Waals surface area contributed by atoms with Crippen LogP contribution in [0.2, 0.25) is 10.0 Å². The van der Waals surface area contributed by atoms with E-state index in [4.69, 9.17) is 35.4 Å². The van der Waals surface area contributed by atoms with E-state index in [2.05, 4.69) is 9.97 Å². The van der Waals surface area contributed by atoms with E-state index < -0.39 is 0 Å². The van der Waals surface area contributed by atoms with Crippen molar-refractivity contribution >= 4 is 35.4 Å². The van der Waals surface area contributed by atoms with Crippen molar-refractivity contribution in [1.82, 2.24) is 9.97 Å². The zero-order valence-corrected chi connectivity index (χ0v) is 12.7. The van der Waals surface area contributed by atoms with E-state index in [1.807, 2.05) is 19.1 Å². The molecular weight excluding hydrogens is 299 g/mol. The molecule has 0 bridgehead atoms. The van der Waals surface area contributed by atoms with E-state index in [0.717, 1.165) is 22.6 Å². The van der Waals surface area contributed by atoms with Gasteiger partial charge in [0, 0.05) is 17.0 Å². The molecule has 0 radical (unpaired) electrons. The highest BCUT2D eigenvalue weighted by Crippen LogP contribution is 2.40. The van der Waals surface area contributed by atoms with Gasteiger partial charge in [0.1, 0.15) is 10.5 Å². The number of H-pyrrole nitrogens is 1. The number of aromatic amines is 1. The van der Waals surface area contributed by atoms with Crippen LogP contribution in [0.25, 0.3) is 11.3 Å². The molecule has 1 heterocycles. The van der Waals surface area contributed by atoms with Gasteiger partial charge < -0.3 is 4.98 Å². The molecule has 1 fully saturated rings. The number of nitrogens with one attached hydrogen (secondary N) is 1. The number of halogens is 2. The molecule has 3 rings (SSSR count). The summed E-state index contributed by atoms with van der Waals surface area (Å²) >= 11 is 17.7. The predicted molar refractivity (Wildman–Crippen MR) is 81.6 cm³/mol. The molecule has 5 heteroatoms. The molecule has 1 saturated carbocycles. The molecule has 1 aliphatic rings. The zero-order valence-electron chi connectivity index (χ0n) is 10.3. The summed E-state index contributed by atoms with van der Waals surface area (Å²) in [7, 11) is 0. The average Bonchev–Trinajstić information content (AvgIpc) is 3.20. The second-order valence-electron chi connectivity index (χ2n) is 4.80. The van der Waals surface area contributed by atoms with Crippen molar-refractivity contribution in [3.05, 3.63) is 44.3 Å². The molecular formula is C14H12Cl2N2S. The minimum absolute atomic E-state index is 0.513. The molecule has 2 nitrogen and oxygen atoms in total. The largest absolute Gasteiger partial charge is 0.343 e. The Labute approximate surface area is 126 Å². The van der Waals surface area contributed by atoms with Gasteiger partial charge in [0.05, 0.1) is 15.7 Å². The summed E-state index contributed by atoms with van der Waals surface area (Å²) in [5, 5.41) is 1.09. The molecule has 0 amide bonds. The Bertz CT molecular complexity index is 705. The van der Waals surface area contributed by atoms with Gasteiger partial charge in [0.2, 0.25) is 0 Å². The van der Waals surface area contributed by atoms with E-state index in [9.17, 15) is 0 Å². The molecule has 1 aromatic heterocycles. The van der Waals surface area contributed by atoms with Crippen LogP contribution in [0.1, 0.15) is 30.1 Å². The maximum absolute atomic E-state index is 6.29. The maximum atomic E-state index is 6.29. The number of nitrogens with zero attached hydrogens (tertiary/aromatic N) is 1. The smallest absolute Gasteiger partial charge is 0.133 e. The highest BCUT2D eigenvalue weighted by molar-refractivity contribution is 7.71. The second-order valence-corrected chi connectivity index (χ2v) is 5.97. The number of rotatable bonds is 2. The number of hydrogen-bond acceptors (Lipinski definition) is 2. The molecule has 1 N–H and O–H groups in total. The maximum Gasteiger partial charge on any atom is 0.133 e. The Morgan fingerprint density at radius 1 is 1.32 bits per heavy atom. The lowest BCUT2D eigenvalue weighted by Crippen LogP contribution is -1.99. The van der Waals surface area contributed by atoms with Gasteiger partial charge >= 0.3 is 0 Å². The van der Waals surface area contributed by atoms with Crippen LogP contribution in [-0.4, -0.2) is 9.97 Å². The SMILES string of the molecule is Cc1c(-c2cccc(Cl)c2Cl)[nH]c(C2CC2)nc1=S. The third-order valence-electron chi connectivity index (χ3n) is 3.36. The Hall–Kier alpha value is -0.900. The zero-order chi connectivity index (χ0) is 13.6. The standard InChI is InChI=1S/C14H12Cl2N2S/c1-7-12(9-3-2-4-10(15)11(9)16)17-13(8-5-6-8)18-14(7)19/h2-4,8H,5-6H2,1H3,(H,17,18,19). The molecule has 1 aliphatic carbocycles. The molecule has 0 unspecified atom stereocenters. The predicted octanol–water partition coefficient (Wildman–Crippen LogP) is 5.30. The fourth-order valence-corrected chi connectivity index (χ4v) is 2.66. The van der Waals surface area contributed by atoms with Gasteiger partial charge in [-0.1, -0.05) is 47.6 Å². The Balaban J connectivity index is 2.23. The summed E-state index contributed by atoms with van der Waals surface area (Å²) in [6.07, 6.45) is 2.34. The van der Waals surface area contributed by atoms with Gasteiger partial charge in [0.25, 0.3) is 0 Å². The summed E-state index contributed by atoms with van der Waals surface area (Å²) in [5.74, 6) is 1.47. The third kappa shape index (κ3) is 2.42. The molecule has 0 aliphatic heterocycles. The monoisotopic (exact) mass is 310 g/mol. The van der Waals surface area contributed by atoms with Gasteiger partial charge in [0.15, 0.2) is 0 Å². The van der Waals surface area contributed by atoms with Crippen LogP contribution in [0.5, 0.6) is 0 Å². The Morgan fingerprint density at radius 2 is 2.05 bits per heavy atom. The highest BCUT2D eigenvalue weighted by Gasteiger charge is 2.27. The van der Waals surface area contributed by atoms with E-state index >= 15 is 0 Å². The van der Waals surface area contributed by atoms with Crippen LogP contribution in [-0.2, 0) is 0 Å². The van der Waals surface area contributed by atoms with Crippen molar-refractivity contribution < 1.29 is 0 Å². The summed E-state index contributed by atoms with van der Waals surface area (Å²) in [6, 6.07) is 5.61. The van der Waals surface area contributed by atoms with E-state index in [1.165, 1.54) is 12.8 Å². The summed E-state index contributed by atoms with van der Waals surface area (Å²) in [5.41, 5.74) is 2.74. The number of aromatic nitrogens is 2. The van der Waals surface area contributed by atoms with Crippen molar-refractivity contribution in [1.29, 1.82) is 0 Å². The topological polar surface area (TPSA) is 28.7 Å². The summed E-state index contributed by atoms with van der Waals surface area (Å²) < 4.78 is 0.631. The van der Waals surface area contributed by atoms with E-state index in [1.54, 1.807) is 6.07 Å². The summed E-state index contributed by atoms with van der Waals surface area (Å²) in [4.78, 5) is 7.84. The molecule has 0 atom stereocenters. The van der Waals surface area contributed by atoms with Crippen LogP contribution < -0.4 is 0 Å². The van der Waals surface area contributed by atoms with Gasteiger partial charge in [-0.3, -0.25) is 0 Å². The molecule has 0 spiro atoms. The molecule has 98 valence electrons. The normalized spacial score (nSPS) is 14.7. The van der Waals surface area contributed by atoms with Gasteiger partial charge in [-0.15, -0.1) is 0 Å². The number of hydrogen-bond donors (Lipinski definition) is 1. The van der Waals surface area contributed by atoms with Crippen molar-refractivity contribution in [2.24, 2.45) is 0 Å². The molecule has 1 aromatic carbocycles. The van der Waals surface area contributed by atoms with Crippen LogP contribution in [0.15, 0.2) is 18.2 Å². The number of benzene rings is 1. The quantitative estimate of drug-likeness (QED) is 0.763. The van der Waals surface area contributed by atoms with Crippen molar-refractivity contribution in [3.63, 3.8) is 0 Å². The van der Waals surface area contributed by atoms with Crippen LogP contribution in [0.3, 0.4) is 0 Å². The minimum Gasteiger partial charge on any atom is -0.343 e. The average molecular weight is 311 g/mol. The van der Waals surface area contributed by atoms with Crippen LogP contribution in [0.4, 0.5) is 0 Å². The molecule has 2 aromatic rings. The first-order valence-electron chi connectivity index (χ1n) is 6.13. The van der Waals surface area contributed by atoms with E-state index in [-0.39, 0.29) is 0 Å². The molecule has 0 saturated heterocycles. The lowest BCUT2D eigenvalue weighted by molar-refractivity contribution is 0.914. The second kappa shape index (κ2) is 4.89. The van der Waals surface area contributed by atoms with Gasteiger partial charge in [-0.2, -0.15) is 0 Å². The lowest BCUT2D eigenvalue weighted by Gasteiger charge is -2.11.